The molecule has 13 heavy (non-hydrogen) atoms. The Morgan fingerprint density at radius 1 is 1.62 bits per heavy atom. The van der Waals surface area contributed by atoms with Gasteiger partial charge in [0.25, 0.3) is 0 Å². The lowest BCUT2D eigenvalue weighted by molar-refractivity contribution is 0.0133. The molecule has 0 aromatic carbocycles. The number of nitrogens with one attached hydrogen (secondary N) is 1. The van der Waals surface area contributed by atoms with Gasteiger partial charge in [0.05, 0.1) is 18.8 Å². The van der Waals surface area contributed by atoms with E-state index in [1.807, 2.05) is 13.0 Å². The van der Waals surface area contributed by atoms with Gasteiger partial charge in [-0.15, -0.1) is 0 Å². The van der Waals surface area contributed by atoms with Crippen LogP contribution >= 0.6 is 0 Å². The smallest absolute Gasteiger partial charge is 0.133 e. The Balaban J connectivity index is 2.02. The minimum absolute atomic E-state index is 0.189. The molecule has 0 saturated carbocycles. The molecule has 1 fully saturated rings. The second-order valence-electron chi connectivity index (χ2n) is 3.47. The van der Waals surface area contributed by atoms with E-state index in [-0.39, 0.29) is 6.04 Å². The third-order valence-electron chi connectivity index (χ3n) is 2.20. The highest BCUT2D eigenvalue weighted by molar-refractivity contribution is 5.09. The maximum atomic E-state index is 5.51. The maximum absolute atomic E-state index is 5.51. The molecule has 72 valence electrons. The minimum atomic E-state index is 0.189. The zero-order valence-corrected chi connectivity index (χ0v) is 7.91. The Bertz CT molecular complexity index is 277. The summed E-state index contributed by atoms with van der Waals surface area (Å²) in [6.07, 6.45) is 0.296. The summed E-state index contributed by atoms with van der Waals surface area (Å²) in [5.74, 6) is 0.843. The van der Waals surface area contributed by atoms with Crippen molar-refractivity contribution in [2.75, 3.05) is 13.2 Å². The van der Waals surface area contributed by atoms with E-state index in [1.165, 1.54) is 0 Å². The van der Waals surface area contributed by atoms with Crippen LogP contribution in [0.1, 0.15) is 24.4 Å². The summed E-state index contributed by atoms with van der Waals surface area (Å²) in [7, 11) is 0. The summed E-state index contributed by atoms with van der Waals surface area (Å²) >= 11 is 0. The van der Waals surface area contributed by atoms with E-state index < -0.39 is 0 Å². The molecular formula is C9H14N2O2. The summed E-state index contributed by atoms with van der Waals surface area (Å²) in [4.78, 5) is 0. The fourth-order valence-electron chi connectivity index (χ4n) is 1.43. The molecule has 0 radical (unpaired) electrons. The maximum Gasteiger partial charge on any atom is 0.133 e. The molecule has 0 spiro atoms. The summed E-state index contributed by atoms with van der Waals surface area (Å²) in [5.41, 5.74) is 0.935. The van der Waals surface area contributed by atoms with Gasteiger partial charge in [-0.2, -0.15) is 0 Å². The van der Waals surface area contributed by atoms with Gasteiger partial charge >= 0.3 is 0 Å². The van der Waals surface area contributed by atoms with E-state index in [1.54, 1.807) is 0 Å². The topological polar surface area (TPSA) is 47.3 Å². The summed E-state index contributed by atoms with van der Waals surface area (Å²) in [5, 5.41) is 7.30. The highest BCUT2D eigenvalue weighted by Crippen LogP contribution is 2.16. The van der Waals surface area contributed by atoms with Crippen LogP contribution < -0.4 is 5.32 Å². The molecule has 1 aliphatic heterocycles. The van der Waals surface area contributed by atoms with Gasteiger partial charge < -0.3 is 14.6 Å². The standard InChI is InChI=1S/C9H14N2O2/c1-6-3-8(11-13-6)9-5-12-7(2)4-10-9/h3,7,9-10H,4-5H2,1-2H3. The van der Waals surface area contributed by atoms with Gasteiger partial charge in [-0.1, -0.05) is 5.16 Å². The van der Waals surface area contributed by atoms with Crippen LogP contribution in [-0.2, 0) is 4.74 Å². The lowest BCUT2D eigenvalue weighted by atomic mass is 10.1. The number of hydrogen-bond donors (Lipinski definition) is 1. The van der Waals surface area contributed by atoms with Crippen molar-refractivity contribution in [3.8, 4) is 0 Å². The summed E-state index contributed by atoms with van der Waals surface area (Å²) in [6, 6.07) is 2.13. The van der Waals surface area contributed by atoms with E-state index in [0.29, 0.717) is 12.7 Å². The molecule has 1 N–H and O–H groups in total. The first kappa shape index (κ1) is 8.72. The van der Waals surface area contributed by atoms with Gasteiger partial charge in [0.1, 0.15) is 11.5 Å². The Kier molecular flexibility index (Phi) is 2.33. The van der Waals surface area contributed by atoms with Crippen LogP contribution in [0.15, 0.2) is 10.6 Å². The highest BCUT2D eigenvalue weighted by atomic mass is 16.5. The number of ether oxygens (including phenoxy) is 1. The monoisotopic (exact) mass is 182 g/mol. The first-order valence-electron chi connectivity index (χ1n) is 4.54. The fraction of sp³-hybridized carbons (Fsp3) is 0.667. The van der Waals surface area contributed by atoms with Gasteiger partial charge in [-0.25, -0.2) is 0 Å². The van der Waals surface area contributed by atoms with Crippen molar-refractivity contribution in [3.05, 3.63) is 17.5 Å². The molecule has 1 aromatic rings. The van der Waals surface area contributed by atoms with Crippen LogP contribution in [0, 0.1) is 6.92 Å². The first-order chi connectivity index (χ1) is 6.25. The van der Waals surface area contributed by atoms with Crippen molar-refractivity contribution in [1.82, 2.24) is 10.5 Å². The van der Waals surface area contributed by atoms with Gasteiger partial charge in [0, 0.05) is 12.6 Å². The molecule has 1 saturated heterocycles. The molecule has 0 aliphatic carbocycles. The van der Waals surface area contributed by atoms with Gasteiger partial charge in [-0.05, 0) is 13.8 Å². The quantitative estimate of drug-likeness (QED) is 0.704. The Morgan fingerprint density at radius 3 is 3.00 bits per heavy atom. The SMILES string of the molecule is Cc1cc(C2COC(C)CN2)no1. The molecule has 1 aromatic heterocycles. The Hall–Kier alpha value is -0.870. The van der Waals surface area contributed by atoms with E-state index in [4.69, 9.17) is 9.26 Å². The van der Waals surface area contributed by atoms with Crippen molar-refractivity contribution < 1.29 is 9.26 Å². The second kappa shape index (κ2) is 3.47. The molecule has 0 amide bonds. The number of rotatable bonds is 1. The van der Waals surface area contributed by atoms with E-state index >= 15 is 0 Å². The number of aryl methyl sites for hydroxylation is 1. The van der Waals surface area contributed by atoms with E-state index in [9.17, 15) is 0 Å². The largest absolute Gasteiger partial charge is 0.375 e. The van der Waals surface area contributed by atoms with E-state index in [2.05, 4.69) is 17.4 Å². The van der Waals surface area contributed by atoms with Crippen molar-refractivity contribution in [2.45, 2.75) is 26.0 Å². The van der Waals surface area contributed by atoms with Crippen LogP contribution in [0.2, 0.25) is 0 Å². The number of morpholine rings is 1. The number of hydrogen-bond acceptors (Lipinski definition) is 4. The van der Waals surface area contributed by atoms with Crippen LogP contribution in [0.4, 0.5) is 0 Å². The van der Waals surface area contributed by atoms with Gasteiger partial charge in [0.2, 0.25) is 0 Å². The van der Waals surface area contributed by atoms with Gasteiger partial charge in [0.15, 0.2) is 0 Å². The van der Waals surface area contributed by atoms with E-state index in [0.717, 1.165) is 18.0 Å². The zero-order chi connectivity index (χ0) is 9.26. The van der Waals surface area contributed by atoms with Gasteiger partial charge in [-0.3, -0.25) is 0 Å². The second-order valence-corrected chi connectivity index (χ2v) is 3.47. The highest BCUT2D eigenvalue weighted by Gasteiger charge is 2.21. The lowest BCUT2D eigenvalue weighted by Gasteiger charge is -2.26. The Labute approximate surface area is 77.2 Å². The molecule has 2 atom stereocenters. The first-order valence-corrected chi connectivity index (χ1v) is 4.54. The van der Waals surface area contributed by atoms with Crippen molar-refractivity contribution in [1.29, 1.82) is 0 Å². The summed E-state index contributed by atoms with van der Waals surface area (Å²) < 4.78 is 10.5. The number of aromatic nitrogens is 1. The number of nitrogens with zero attached hydrogens (tertiary/aromatic N) is 1. The fourth-order valence-corrected chi connectivity index (χ4v) is 1.43. The van der Waals surface area contributed by atoms with Crippen LogP contribution in [0.3, 0.4) is 0 Å². The molecule has 0 bridgehead atoms. The average molecular weight is 182 g/mol. The molecular weight excluding hydrogens is 168 g/mol. The normalized spacial score (nSPS) is 29.1. The average Bonchev–Trinajstić information content (AvgIpc) is 2.53. The third-order valence-corrected chi connectivity index (χ3v) is 2.20. The minimum Gasteiger partial charge on any atom is -0.375 e. The van der Waals surface area contributed by atoms with Crippen molar-refractivity contribution >= 4 is 0 Å². The Morgan fingerprint density at radius 2 is 2.46 bits per heavy atom. The molecule has 4 nitrogen and oxygen atoms in total. The molecule has 2 heterocycles. The molecule has 1 aliphatic rings. The zero-order valence-electron chi connectivity index (χ0n) is 7.91. The van der Waals surface area contributed by atoms with Crippen molar-refractivity contribution in [3.63, 3.8) is 0 Å². The molecule has 2 rings (SSSR count). The summed E-state index contributed by atoms with van der Waals surface area (Å²) in [6.45, 7) is 5.49. The molecule has 2 unspecified atom stereocenters. The van der Waals surface area contributed by atoms with Crippen LogP contribution in [0.5, 0.6) is 0 Å². The lowest BCUT2D eigenvalue weighted by Crippen LogP contribution is -2.39. The molecule has 4 heteroatoms. The predicted octanol–water partition coefficient (Wildman–Crippen LogP) is 1.03. The van der Waals surface area contributed by atoms with Crippen LogP contribution in [-0.4, -0.2) is 24.4 Å². The van der Waals surface area contributed by atoms with Crippen molar-refractivity contribution in [2.24, 2.45) is 0 Å². The van der Waals surface area contributed by atoms with Crippen LogP contribution in [0.25, 0.3) is 0 Å². The predicted molar refractivity (Wildman–Crippen MR) is 47.4 cm³/mol. The third kappa shape index (κ3) is 1.89.